The van der Waals surface area contributed by atoms with Crippen LogP contribution in [0.15, 0.2) is 6.07 Å². The van der Waals surface area contributed by atoms with Crippen molar-refractivity contribution < 1.29 is 5.11 Å². The normalized spacial score (nSPS) is 29.1. The van der Waals surface area contributed by atoms with Crippen LogP contribution in [0.3, 0.4) is 0 Å². The Labute approximate surface area is 82.0 Å². The molecular formula is C9H14N2OS. The molecule has 1 fully saturated rings. The van der Waals surface area contributed by atoms with E-state index in [1.54, 1.807) is 0 Å². The summed E-state index contributed by atoms with van der Waals surface area (Å²) >= 11 is 1.49. The van der Waals surface area contributed by atoms with Crippen LogP contribution in [0.2, 0.25) is 0 Å². The van der Waals surface area contributed by atoms with Crippen LogP contribution in [-0.2, 0) is 0 Å². The lowest BCUT2D eigenvalue weighted by molar-refractivity contribution is 0.0980. The minimum Gasteiger partial charge on any atom is -0.391 e. The number of aliphatic hydroxyl groups excluding tert-OH is 1. The van der Waals surface area contributed by atoms with Crippen LogP contribution in [0.1, 0.15) is 29.5 Å². The maximum Gasteiger partial charge on any atom is 0.0744 e. The minimum absolute atomic E-state index is 0.111. The first kappa shape index (κ1) is 9.12. The molecule has 0 aromatic carbocycles. The number of piperidine rings is 1. The Morgan fingerprint density at radius 2 is 2.54 bits per heavy atom. The first-order valence-electron chi connectivity index (χ1n) is 4.62. The first-order chi connectivity index (χ1) is 6.27. The van der Waals surface area contributed by atoms with Crippen LogP contribution in [0.5, 0.6) is 0 Å². The SMILES string of the molecule is Cc1cc(C2NCCCC2O)sn1. The zero-order valence-electron chi connectivity index (χ0n) is 7.66. The lowest BCUT2D eigenvalue weighted by atomic mass is 10.00. The fourth-order valence-corrected chi connectivity index (χ4v) is 2.57. The van der Waals surface area contributed by atoms with Crippen molar-refractivity contribution in [2.45, 2.75) is 31.9 Å². The Morgan fingerprint density at radius 3 is 3.15 bits per heavy atom. The molecule has 1 aromatic heterocycles. The largest absolute Gasteiger partial charge is 0.391 e. The third kappa shape index (κ3) is 1.90. The van der Waals surface area contributed by atoms with Crippen molar-refractivity contribution in [2.75, 3.05) is 6.54 Å². The van der Waals surface area contributed by atoms with E-state index in [0.29, 0.717) is 0 Å². The number of rotatable bonds is 1. The molecule has 72 valence electrons. The van der Waals surface area contributed by atoms with Gasteiger partial charge in [-0.3, -0.25) is 0 Å². The summed E-state index contributed by atoms with van der Waals surface area (Å²) in [6.07, 6.45) is 1.72. The lowest BCUT2D eigenvalue weighted by Gasteiger charge is -2.27. The van der Waals surface area contributed by atoms with Gasteiger partial charge in [0.2, 0.25) is 0 Å². The van der Waals surface area contributed by atoms with Crippen molar-refractivity contribution in [1.29, 1.82) is 0 Å². The second kappa shape index (κ2) is 3.74. The van der Waals surface area contributed by atoms with Crippen LogP contribution in [0.25, 0.3) is 0 Å². The van der Waals surface area contributed by atoms with E-state index in [1.165, 1.54) is 11.5 Å². The minimum atomic E-state index is -0.242. The number of nitrogens with one attached hydrogen (secondary N) is 1. The maximum atomic E-state index is 9.75. The number of hydrogen-bond acceptors (Lipinski definition) is 4. The highest BCUT2D eigenvalue weighted by atomic mass is 32.1. The Morgan fingerprint density at radius 1 is 1.69 bits per heavy atom. The van der Waals surface area contributed by atoms with E-state index in [-0.39, 0.29) is 12.1 Å². The summed E-state index contributed by atoms with van der Waals surface area (Å²) in [6, 6.07) is 2.16. The number of nitrogens with zero attached hydrogens (tertiary/aromatic N) is 1. The van der Waals surface area contributed by atoms with Crippen molar-refractivity contribution >= 4 is 11.5 Å². The Kier molecular flexibility index (Phi) is 2.62. The average Bonchev–Trinajstić information content (AvgIpc) is 2.53. The quantitative estimate of drug-likeness (QED) is 0.713. The fraction of sp³-hybridized carbons (Fsp3) is 0.667. The van der Waals surface area contributed by atoms with E-state index < -0.39 is 0 Å². The zero-order chi connectivity index (χ0) is 9.26. The number of aliphatic hydroxyl groups is 1. The molecule has 2 unspecified atom stereocenters. The van der Waals surface area contributed by atoms with Gasteiger partial charge in [-0.1, -0.05) is 0 Å². The lowest BCUT2D eigenvalue weighted by Crippen LogP contribution is -2.37. The molecule has 3 nitrogen and oxygen atoms in total. The first-order valence-corrected chi connectivity index (χ1v) is 5.39. The van der Waals surface area contributed by atoms with Crippen molar-refractivity contribution in [3.05, 3.63) is 16.6 Å². The van der Waals surface area contributed by atoms with E-state index in [4.69, 9.17) is 0 Å². The molecule has 1 aromatic rings. The van der Waals surface area contributed by atoms with E-state index in [1.807, 2.05) is 6.92 Å². The van der Waals surface area contributed by atoms with Gasteiger partial charge in [-0.25, -0.2) is 0 Å². The van der Waals surface area contributed by atoms with Gasteiger partial charge in [0.1, 0.15) is 0 Å². The molecule has 2 N–H and O–H groups in total. The summed E-state index contributed by atoms with van der Waals surface area (Å²) in [5.41, 5.74) is 1.04. The van der Waals surface area contributed by atoms with Gasteiger partial charge in [0.25, 0.3) is 0 Å². The molecule has 1 aliphatic rings. The Hall–Kier alpha value is -0.450. The fourth-order valence-electron chi connectivity index (χ4n) is 1.69. The summed E-state index contributed by atoms with van der Waals surface area (Å²) in [5, 5.41) is 13.1. The maximum absolute atomic E-state index is 9.75. The summed E-state index contributed by atoms with van der Waals surface area (Å²) in [5.74, 6) is 0. The monoisotopic (exact) mass is 198 g/mol. The molecule has 2 rings (SSSR count). The van der Waals surface area contributed by atoms with E-state index in [0.717, 1.165) is 30.0 Å². The summed E-state index contributed by atoms with van der Waals surface area (Å²) in [6.45, 7) is 2.98. The molecule has 0 saturated carbocycles. The molecule has 0 spiro atoms. The molecule has 2 heterocycles. The van der Waals surface area contributed by atoms with Crippen LogP contribution in [0.4, 0.5) is 0 Å². The molecule has 0 bridgehead atoms. The third-order valence-electron chi connectivity index (χ3n) is 2.38. The predicted molar refractivity (Wildman–Crippen MR) is 52.8 cm³/mol. The highest BCUT2D eigenvalue weighted by Crippen LogP contribution is 2.26. The standard InChI is InChI=1S/C9H14N2OS/c1-6-5-8(13-11-6)9-7(12)3-2-4-10-9/h5,7,9-10,12H,2-4H2,1H3. The smallest absolute Gasteiger partial charge is 0.0744 e. The second-order valence-electron chi connectivity index (χ2n) is 3.51. The molecular weight excluding hydrogens is 184 g/mol. The van der Waals surface area contributed by atoms with Gasteiger partial charge in [-0.05, 0) is 43.9 Å². The van der Waals surface area contributed by atoms with Crippen molar-refractivity contribution in [2.24, 2.45) is 0 Å². The van der Waals surface area contributed by atoms with Crippen molar-refractivity contribution in [1.82, 2.24) is 9.69 Å². The van der Waals surface area contributed by atoms with Gasteiger partial charge in [-0.15, -0.1) is 0 Å². The molecule has 0 aliphatic carbocycles. The molecule has 13 heavy (non-hydrogen) atoms. The molecule has 1 aliphatic heterocycles. The number of aromatic nitrogens is 1. The van der Waals surface area contributed by atoms with Crippen molar-refractivity contribution in [3.63, 3.8) is 0 Å². The molecule has 2 atom stereocenters. The van der Waals surface area contributed by atoms with Crippen LogP contribution < -0.4 is 5.32 Å². The van der Waals surface area contributed by atoms with E-state index >= 15 is 0 Å². The molecule has 4 heteroatoms. The topological polar surface area (TPSA) is 45.1 Å². The average molecular weight is 198 g/mol. The number of hydrogen-bond donors (Lipinski definition) is 2. The molecule has 0 amide bonds. The molecule has 1 saturated heterocycles. The van der Waals surface area contributed by atoms with Crippen LogP contribution in [0, 0.1) is 6.92 Å². The highest BCUT2D eigenvalue weighted by molar-refractivity contribution is 7.05. The van der Waals surface area contributed by atoms with Gasteiger partial charge in [-0.2, -0.15) is 4.37 Å². The Balaban J connectivity index is 2.14. The Bertz CT molecular complexity index is 287. The van der Waals surface area contributed by atoms with Crippen LogP contribution >= 0.6 is 11.5 Å². The predicted octanol–water partition coefficient (Wildman–Crippen LogP) is 1.24. The van der Waals surface area contributed by atoms with Gasteiger partial charge in [0.05, 0.1) is 17.8 Å². The zero-order valence-corrected chi connectivity index (χ0v) is 8.47. The van der Waals surface area contributed by atoms with E-state index in [9.17, 15) is 5.11 Å². The third-order valence-corrected chi connectivity index (χ3v) is 3.34. The molecule has 0 radical (unpaired) electrons. The summed E-state index contributed by atoms with van der Waals surface area (Å²) < 4.78 is 4.22. The second-order valence-corrected chi connectivity index (χ2v) is 4.35. The summed E-state index contributed by atoms with van der Waals surface area (Å²) in [4.78, 5) is 1.16. The summed E-state index contributed by atoms with van der Waals surface area (Å²) in [7, 11) is 0. The van der Waals surface area contributed by atoms with Gasteiger partial charge in [0.15, 0.2) is 0 Å². The van der Waals surface area contributed by atoms with Crippen molar-refractivity contribution in [3.8, 4) is 0 Å². The van der Waals surface area contributed by atoms with Gasteiger partial charge < -0.3 is 10.4 Å². The van der Waals surface area contributed by atoms with Gasteiger partial charge in [0, 0.05) is 4.88 Å². The number of aryl methyl sites for hydroxylation is 1. The van der Waals surface area contributed by atoms with E-state index in [2.05, 4.69) is 15.8 Å². The highest BCUT2D eigenvalue weighted by Gasteiger charge is 2.25. The van der Waals surface area contributed by atoms with Gasteiger partial charge >= 0.3 is 0 Å². The van der Waals surface area contributed by atoms with Crippen LogP contribution in [-0.4, -0.2) is 22.1 Å².